The van der Waals surface area contributed by atoms with Crippen molar-refractivity contribution in [3.63, 3.8) is 0 Å². The van der Waals surface area contributed by atoms with Gasteiger partial charge in [-0.25, -0.2) is 4.79 Å². The van der Waals surface area contributed by atoms with Gasteiger partial charge in [0.2, 0.25) is 0 Å². The Hall–Kier alpha value is -2.39. The summed E-state index contributed by atoms with van der Waals surface area (Å²) < 4.78 is 5.37. The maximum absolute atomic E-state index is 12.3. The van der Waals surface area contributed by atoms with E-state index in [-0.39, 0.29) is 24.4 Å². The maximum atomic E-state index is 12.3. The van der Waals surface area contributed by atoms with Crippen LogP contribution in [0.15, 0.2) is 18.2 Å². The Labute approximate surface area is 178 Å². The van der Waals surface area contributed by atoms with E-state index < -0.39 is 0 Å². The van der Waals surface area contributed by atoms with Gasteiger partial charge < -0.3 is 15.0 Å². The fourth-order valence-corrected chi connectivity index (χ4v) is 3.75. The van der Waals surface area contributed by atoms with Gasteiger partial charge in [-0.2, -0.15) is 4.80 Å². The second-order valence-electron chi connectivity index (χ2n) is 6.91. The molecule has 2 aromatic rings. The molecule has 0 bridgehead atoms. The first-order valence-corrected chi connectivity index (χ1v) is 10.0. The van der Waals surface area contributed by atoms with Crippen molar-refractivity contribution in [3.8, 4) is 0 Å². The third-order valence-electron chi connectivity index (χ3n) is 4.71. The number of ether oxygens (including phenoxy) is 1. The van der Waals surface area contributed by atoms with Crippen LogP contribution in [-0.2, 0) is 18.4 Å². The number of likely N-dealkylation sites (tertiary alicyclic amines) is 1. The minimum absolute atomic E-state index is 0.0612. The van der Waals surface area contributed by atoms with Crippen molar-refractivity contribution in [2.75, 3.05) is 19.6 Å². The van der Waals surface area contributed by atoms with Gasteiger partial charge in [-0.15, -0.1) is 10.2 Å². The Morgan fingerprint density at radius 3 is 2.52 bits per heavy atom. The highest BCUT2D eigenvalue weighted by Crippen LogP contribution is 2.22. The zero-order chi connectivity index (χ0) is 20.8. The fraction of sp³-hybridized carbons (Fsp3) is 0.500. The molecule has 9 nitrogen and oxygen atoms in total. The Kier molecular flexibility index (Phi) is 7.27. The third-order valence-corrected chi connectivity index (χ3v) is 5.14. The van der Waals surface area contributed by atoms with Crippen LogP contribution in [0.25, 0.3) is 0 Å². The van der Waals surface area contributed by atoms with Crippen LogP contribution in [0.4, 0.5) is 4.79 Å². The van der Waals surface area contributed by atoms with E-state index in [0.29, 0.717) is 35.6 Å². The molecule has 11 heteroatoms. The first-order chi connectivity index (χ1) is 13.9. The Morgan fingerprint density at radius 2 is 1.90 bits per heavy atom. The number of rotatable bonds is 6. The standard InChI is InChI=1S/C18H22Cl2N6O3/c1-25-23-16(22-24-25)17(27)21-5-2-12-3-6-26(7-4-12)18(28)29-11-13-8-14(19)10-15(20)9-13/h8-10,12H,2-7,11H2,1H3,(H,21,27). The highest BCUT2D eigenvalue weighted by atomic mass is 35.5. The van der Waals surface area contributed by atoms with Crippen molar-refractivity contribution in [2.45, 2.75) is 25.9 Å². The van der Waals surface area contributed by atoms with E-state index in [0.717, 1.165) is 24.8 Å². The predicted octanol–water partition coefficient (Wildman–Crippen LogP) is 2.69. The van der Waals surface area contributed by atoms with Gasteiger partial charge in [-0.05, 0) is 54.2 Å². The molecule has 156 valence electrons. The Bertz CT molecular complexity index is 847. The molecule has 2 amide bonds. The van der Waals surface area contributed by atoms with E-state index >= 15 is 0 Å². The lowest BCUT2D eigenvalue weighted by Crippen LogP contribution is -2.39. The minimum atomic E-state index is -0.346. The van der Waals surface area contributed by atoms with Crippen LogP contribution >= 0.6 is 23.2 Å². The largest absolute Gasteiger partial charge is 0.445 e. The molecule has 2 heterocycles. The Balaban J connectivity index is 1.35. The number of aryl methyl sites for hydroxylation is 1. The average Bonchev–Trinajstić information content (AvgIpc) is 3.12. The summed E-state index contributed by atoms with van der Waals surface area (Å²) in [5.41, 5.74) is 0.749. The van der Waals surface area contributed by atoms with Gasteiger partial charge in [-0.1, -0.05) is 23.2 Å². The molecule has 1 N–H and O–H groups in total. The van der Waals surface area contributed by atoms with Crippen LogP contribution in [0.5, 0.6) is 0 Å². The molecule has 0 spiro atoms. The van der Waals surface area contributed by atoms with Crippen LogP contribution in [0, 0.1) is 5.92 Å². The number of piperidine rings is 1. The second-order valence-corrected chi connectivity index (χ2v) is 7.78. The van der Waals surface area contributed by atoms with E-state index in [9.17, 15) is 9.59 Å². The number of carbonyl (C=O) groups excluding carboxylic acids is 2. The van der Waals surface area contributed by atoms with Crippen LogP contribution in [0.3, 0.4) is 0 Å². The first kappa shape index (κ1) is 21.3. The molecule has 1 aliphatic rings. The maximum Gasteiger partial charge on any atom is 0.410 e. The number of aromatic nitrogens is 4. The molecule has 0 saturated carbocycles. The van der Waals surface area contributed by atoms with Crippen molar-refractivity contribution < 1.29 is 14.3 Å². The van der Waals surface area contributed by atoms with Crippen LogP contribution < -0.4 is 5.32 Å². The molecule has 1 aromatic heterocycles. The van der Waals surface area contributed by atoms with E-state index in [4.69, 9.17) is 27.9 Å². The summed E-state index contributed by atoms with van der Waals surface area (Å²) in [4.78, 5) is 27.1. The SMILES string of the molecule is Cn1nnc(C(=O)NCCC2CCN(C(=O)OCc3cc(Cl)cc(Cl)c3)CC2)n1. The smallest absolute Gasteiger partial charge is 0.410 e. The number of nitrogens with one attached hydrogen (secondary N) is 1. The zero-order valence-corrected chi connectivity index (χ0v) is 17.5. The molecule has 1 fully saturated rings. The molecule has 1 aromatic carbocycles. The molecule has 0 radical (unpaired) electrons. The van der Waals surface area contributed by atoms with E-state index in [1.165, 1.54) is 4.80 Å². The van der Waals surface area contributed by atoms with Crippen molar-refractivity contribution >= 4 is 35.2 Å². The summed E-state index contributed by atoms with van der Waals surface area (Å²) in [7, 11) is 1.60. The number of benzene rings is 1. The molecular weight excluding hydrogens is 419 g/mol. The molecule has 1 aliphatic heterocycles. The zero-order valence-electron chi connectivity index (χ0n) is 16.0. The van der Waals surface area contributed by atoms with E-state index in [1.807, 2.05) is 0 Å². The number of nitrogens with zero attached hydrogens (tertiary/aromatic N) is 5. The summed E-state index contributed by atoms with van der Waals surface area (Å²) in [5.74, 6) is 0.159. The van der Waals surface area contributed by atoms with Gasteiger partial charge in [0, 0.05) is 29.7 Å². The molecule has 0 atom stereocenters. The van der Waals surface area contributed by atoms with Crippen molar-refractivity contribution in [2.24, 2.45) is 13.0 Å². The molecular formula is C18H22Cl2N6O3. The molecule has 1 saturated heterocycles. The summed E-state index contributed by atoms with van der Waals surface area (Å²) in [6.07, 6.45) is 2.20. The number of hydrogen-bond acceptors (Lipinski definition) is 6. The predicted molar refractivity (Wildman–Crippen MR) is 107 cm³/mol. The van der Waals surface area contributed by atoms with Crippen LogP contribution in [0.1, 0.15) is 35.4 Å². The number of tetrazole rings is 1. The lowest BCUT2D eigenvalue weighted by Gasteiger charge is -2.31. The van der Waals surface area contributed by atoms with Gasteiger partial charge >= 0.3 is 6.09 Å². The average molecular weight is 441 g/mol. The van der Waals surface area contributed by atoms with E-state index in [2.05, 4.69) is 20.7 Å². The topological polar surface area (TPSA) is 102 Å². The monoisotopic (exact) mass is 440 g/mol. The van der Waals surface area contributed by atoms with Gasteiger partial charge in [0.05, 0.1) is 7.05 Å². The number of hydrogen-bond donors (Lipinski definition) is 1. The molecule has 29 heavy (non-hydrogen) atoms. The summed E-state index contributed by atoms with van der Waals surface area (Å²) in [6, 6.07) is 5.07. The first-order valence-electron chi connectivity index (χ1n) is 9.29. The summed E-state index contributed by atoms with van der Waals surface area (Å²) >= 11 is 11.9. The summed E-state index contributed by atoms with van der Waals surface area (Å²) in [5, 5.41) is 15.0. The normalized spacial score (nSPS) is 14.7. The highest BCUT2D eigenvalue weighted by Gasteiger charge is 2.24. The van der Waals surface area contributed by atoms with Gasteiger partial charge in [0.25, 0.3) is 11.7 Å². The third kappa shape index (κ3) is 6.30. The fourth-order valence-electron chi connectivity index (χ4n) is 3.18. The van der Waals surface area contributed by atoms with Crippen molar-refractivity contribution in [3.05, 3.63) is 39.6 Å². The van der Waals surface area contributed by atoms with Crippen molar-refractivity contribution in [1.29, 1.82) is 0 Å². The molecule has 0 aliphatic carbocycles. The van der Waals surface area contributed by atoms with Gasteiger partial charge in [0.1, 0.15) is 6.61 Å². The lowest BCUT2D eigenvalue weighted by molar-refractivity contribution is 0.0813. The highest BCUT2D eigenvalue weighted by molar-refractivity contribution is 6.34. The van der Waals surface area contributed by atoms with Gasteiger partial charge in [-0.3, -0.25) is 4.79 Å². The quantitative estimate of drug-likeness (QED) is 0.740. The molecule has 0 unspecified atom stereocenters. The number of halogens is 2. The van der Waals surface area contributed by atoms with Crippen molar-refractivity contribution in [1.82, 2.24) is 30.4 Å². The van der Waals surface area contributed by atoms with Crippen LogP contribution in [-0.4, -0.2) is 56.7 Å². The summed E-state index contributed by atoms with van der Waals surface area (Å²) in [6.45, 7) is 1.90. The lowest BCUT2D eigenvalue weighted by atomic mass is 9.94. The number of amides is 2. The Morgan fingerprint density at radius 1 is 1.21 bits per heavy atom. The number of carbonyl (C=O) groups is 2. The molecule has 3 rings (SSSR count). The van der Waals surface area contributed by atoms with Crippen LogP contribution in [0.2, 0.25) is 10.0 Å². The van der Waals surface area contributed by atoms with Gasteiger partial charge in [0.15, 0.2) is 0 Å². The van der Waals surface area contributed by atoms with E-state index in [1.54, 1.807) is 30.1 Å². The second kappa shape index (κ2) is 9.89. The minimum Gasteiger partial charge on any atom is -0.445 e.